The van der Waals surface area contributed by atoms with E-state index in [2.05, 4.69) is 10.4 Å². The lowest BCUT2D eigenvalue weighted by atomic mass is 9.97. The number of carbonyl (C=O) groups excluding carboxylic acids is 1. The topological polar surface area (TPSA) is 101 Å². The van der Waals surface area contributed by atoms with Gasteiger partial charge in [0.2, 0.25) is 5.91 Å². The van der Waals surface area contributed by atoms with Gasteiger partial charge in [-0.25, -0.2) is 4.79 Å². The van der Waals surface area contributed by atoms with E-state index < -0.39 is 12.0 Å². The zero-order valence-corrected chi connectivity index (χ0v) is 20.0. The molecule has 0 saturated carbocycles. The summed E-state index contributed by atoms with van der Waals surface area (Å²) in [7, 11) is 0. The fourth-order valence-electron chi connectivity index (χ4n) is 4.53. The molecule has 0 unspecified atom stereocenters. The number of fused-ring (bicyclic) bond motifs is 1. The number of halogens is 1. The highest BCUT2D eigenvalue weighted by molar-refractivity contribution is 6.31. The summed E-state index contributed by atoms with van der Waals surface area (Å²) < 4.78 is 8.00. The molecule has 4 aromatic rings. The van der Waals surface area contributed by atoms with Crippen molar-refractivity contribution in [2.45, 2.75) is 26.3 Å². The number of nitrogens with one attached hydrogen (secondary N) is 1. The van der Waals surface area contributed by atoms with Gasteiger partial charge in [0.1, 0.15) is 11.3 Å². The van der Waals surface area contributed by atoms with Crippen LogP contribution in [0.3, 0.4) is 0 Å². The van der Waals surface area contributed by atoms with Crippen LogP contribution in [0, 0.1) is 12.8 Å². The molecule has 1 saturated heterocycles. The number of hydrogen-bond acceptors (Lipinski definition) is 4. The highest BCUT2D eigenvalue weighted by Gasteiger charge is 2.28. The SMILES string of the molecule is Cc1cc(NC(=O)[C@@H]2CCCN(C(=O)O)C2)nn1Cc1cc(Cl)cc2cc(-c3ccccc3)oc12. The standard InChI is InChI=1S/C26H25ClN4O4/c1-16-10-23(28-25(32)18-8-5-9-30(14-18)26(33)34)29-31(16)15-20-12-21(27)11-19-13-22(35-24(19)20)17-6-3-2-4-7-17/h2-4,6-7,10-13,18H,5,8-9,14-15H2,1H3,(H,33,34)(H,28,29,32)/t18-/m1/s1. The van der Waals surface area contributed by atoms with E-state index in [-0.39, 0.29) is 12.5 Å². The molecule has 2 aromatic heterocycles. The summed E-state index contributed by atoms with van der Waals surface area (Å²) in [5, 5.41) is 18.2. The Hall–Kier alpha value is -3.78. The fraction of sp³-hybridized carbons (Fsp3) is 0.269. The number of piperidine rings is 1. The van der Waals surface area contributed by atoms with Crippen LogP contribution in [0.25, 0.3) is 22.3 Å². The van der Waals surface area contributed by atoms with Crippen molar-refractivity contribution in [2.75, 3.05) is 18.4 Å². The van der Waals surface area contributed by atoms with Crippen LogP contribution in [0.1, 0.15) is 24.1 Å². The number of rotatable bonds is 5. The van der Waals surface area contributed by atoms with Crippen LogP contribution in [0.2, 0.25) is 5.02 Å². The number of aromatic nitrogens is 2. The number of benzene rings is 2. The van der Waals surface area contributed by atoms with E-state index in [1.165, 1.54) is 4.90 Å². The first-order valence-electron chi connectivity index (χ1n) is 11.5. The van der Waals surface area contributed by atoms with Crippen LogP contribution in [-0.2, 0) is 11.3 Å². The third-order valence-corrected chi connectivity index (χ3v) is 6.55. The molecule has 0 aliphatic carbocycles. The highest BCUT2D eigenvalue weighted by atomic mass is 35.5. The van der Waals surface area contributed by atoms with Gasteiger partial charge in [-0.3, -0.25) is 9.48 Å². The number of carbonyl (C=O) groups is 2. The molecule has 1 aliphatic heterocycles. The second-order valence-electron chi connectivity index (χ2n) is 8.85. The summed E-state index contributed by atoms with van der Waals surface area (Å²) in [5.74, 6) is 0.585. The van der Waals surface area contributed by atoms with Crippen molar-refractivity contribution in [3.05, 3.63) is 70.9 Å². The number of furan rings is 1. The molecule has 0 spiro atoms. The summed E-state index contributed by atoms with van der Waals surface area (Å²) in [4.78, 5) is 25.3. The molecule has 2 N–H and O–H groups in total. The van der Waals surface area contributed by atoms with Gasteiger partial charge in [0, 0.05) is 46.4 Å². The van der Waals surface area contributed by atoms with Crippen molar-refractivity contribution in [1.82, 2.24) is 14.7 Å². The van der Waals surface area contributed by atoms with Gasteiger partial charge in [-0.15, -0.1) is 0 Å². The number of likely N-dealkylation sites (tertiary alicyclic amines) is 1. The molecule has 0 bridgehead atoms. The highest BCUT2D eigenvalue weighted by Crippen LogP contribution is 2.33. The Bertz CT molecular complexity index is 1400. The summed E-state index contributed by atoms with van der Waals surface area (Å²) in [6, 6.07) is 17.4. The minimum absolute atomic E-state index is 0.198. The average molecular weight is 493 g/mol. The molecular weight excluding hydrogens is 468 g/mol. The lowest BCUT2D eigenvalue weighted by Gasteiger charge is -2.29. The third kappa shape index (κ3) is 4.88. The van der Waals surface area contributed by atoms with Crippen LogP contribution in [0.5, 0.6) is 0 Å². The van der Waals surface area contributed by atoms with Gasteiger partial charge in [0.15, 0.2) is 5.82 Å². The molecule has 180 valence electrons. The Kier molecular flexibility index (Phi) is 6.21. The van der Waals surface area contributed by atoms with Crippen LogP contribution in [-0.4, -0.2) is 44.9 Å². The Morgan fingerprint density at radius 2 is 2.00 bits per heavy atom. The van der Waals surface area contributed by atoms with Gasteiger partial charge in [0.05, 0.1) is 12.5 Å². The number of nitrogens with zero attached hydrogens (tertiary/aromatic N) is 3. The van der Waals surface area contributed by atoms with Gasteiger partial charge in [-0.2, -0.15) is 5.10 Å². The van der Waals surface area contributed by atoms with Crippen LogP contribution in [0.15, 0.2) is 59.0 Å². The van der Waals surface area contributed by atoms with Crippen LogP contribution >= 0.6 is 11.6 Å². The summed E-state index contributed by atoms with van der Waals surface area (Å²) in [6.45, 7) is 2.98. The quantitative estimate of drug-likeness (QED) is 0.375. The Morgan fingerprint density at radius 3 is 2.77 bits per heavy atom. The smallest absolute Gasteiger partial charge is 0.407 e. The molecule has 9 heteroatoms. The largest absolute Gasteiger partial charge is 0.465 e. The minimum Gasteiger partial charge on any atom is -0.465 e. The van der Waals surface area contributed by atoms with E-state index in [1.807, 2.05) is 55.5 Å². The minimum atomic E-state index is -0.996. The number of carboxylic acid groups (broad SMARTS) is 1. The Morgan fingerprint density at radius 1 is 1.20 bits per heavy atom. The van der Waals surface area contributed by atoms with Crippen molar-refractivity contribution in [3.8, 4) is 11.3 Å². The Labute approximate surface area is 207 Å². The first-order chi connectivity index (χ1) is 16.9. The van der Waals surface area contributed by atoms with Gasteiger partial charge in [0.25, 0.3) is 0 Å². The first kappa shape index (κ1) is 23.0. The predicted octanol–water partition coefficient (Wildman–Crippen LogP) is 5.63. The second-order valence-corrected chi connectivity index (χ2v) is 9.28. The van der Waals surface area contributed by atoms with Gasteiger partial charge < -0.3 is 19.7 Å². The van der Waals surface area contributed by atoms with Crippen molar-refractivity contribution in [2.24, 2.45) is 5.92 Å². The number of aryl methyl sites for hydroxylation is 1. The maximum absolute atomic E-state index is 12.8. The average Bonchev–Trinajstić information content (AvgIpc) is 3.42. The maximum Gasteiger partial charge on any atom is 0.407 e. The summed E-state index contributed by atoms with van der Waals surface area (Å²) in [5.41, 5.74) is 3.46. The van der Waals surface area contributed by atoms with E-state index in [0.29, 0.717) is 36.8 Å². The number of anilines is 1. The second kappa shape index (κ2) is 9.46. The molecule has 2 amide bonds. The van der Waals surface area contributed by atoms with E-state index in [4.69, 9.17) is 16.0 Å². The molecule has 2 aromatic carbocycles. The molecule has 8 nitrogen and oxygen atoms in total. The monoisotopic (exact) mass is 492 g/mol. The lowest BCUT2D eigenvalue weighted by Crippen LogP contribution is -2.43. The first-order valence-corrected chi connectivity index (χ1v) is 11.9. The zero-order chi connectivity index (χ0) is 24.5. The van der Waals surface area contributed by atoms with Gasteiger partial charge in [-0.1, -0.05) is 41.9 Å². The maximum atomic E-state index is 12.8. The van der Waals surface area contributed by atoms with Crippen LogP contribution in [0.4, 0.5) is 10.6 Å². The molecule has 1 fully saturated rings. The number of hydrogen-bond donors (Lipinski definition) is 2. The van der Waals surface area contributed by atoms with Crippen LogP contribution < -0.4 is 5.32 Å². The molecule has 35 heavy (non-hydrogen) atoms. The van der Waals surface area contributed by atoms with Crippen molar-refractivity contribution in [3.63, 3.8) is 0 Å². The molecule has 5 rings (SSSR count). The van der Waals surface area contributed by atoms with Gasteiger partial charge in [-0.05, 0) is 38.0 Å². The summed E-state index contributed by atoms with van der Waals surface area (Å²) in [6.07, 6.45) is 0.318. The molecular formula is C26H25ClN4O4. The zero-order valence-electron chi connectivity index (χ0n) is 19.2. The van der Waals surface area contributed by atoms with E-state index in [9.17, 15) is 14.7 Å². The fourth-order valence-corrected chi connectivity index (χ4v) is 4.78. The van der Waals surface area contributed by atoms with E-state index in [0.717, 1.165) is 33.6 Å². The van der Waals surface area contributed by atoms with E-state index >= 15 is 0 Å². The molecule has 0 radical (unpaired) electrons. The lowest BCUT2D eigenvalue weighted by molar-refractivity contribution is -0.121. The molecule has 1 atom stereocenters. The van der Waals surface area contributed by atoms with E-state index in [1.54, 1.807) is 10.7 Å². The third-order valence-electron chi connectivity index (χ3n) is 6.33. The normalized spacial score (nSPS) is 15.9. The van der Waals surface area contributed by atoms with Gasteiger partial charge >= 0.3 is 6.09 Å². The van der Waals surface area contributed by atoms with Crippen molar-refractivity contribution < 1.29 is 19.1 Å². The molecule has 3 heterocycles. The van der Waals surface area contributed by atoms with Crippen molar-refractivity contribution >= 4 is 40.4 Å². The van der Waals surface area contributed by atoms with Crippen molar-refractivity contribution in [1.29, 1.82) is 0 Å². The predicted molar refractivity (Wildman–Crippen MR) is 134 cm³/mol. The number of amides is 2. The molecule has 1 aliphatic rings. The summed E-state index contributed by atoms with van der Waals surface area (Å²) >= 11 is 6.41. The Balaban J connectivity index is 1.36.